The lowest BCUT2D eigenvalue weighted by Gasteiger charge is -2.30. The number of alkyl halides is 3. The van der Waals surface area contributed by atoms with Gasteiger partial charge in [-0.1, -0.05) is 12.1 Å². The molecule has 250 valence electrons. The summed E-state index contributed by atoms with van der Waals surface area (Å²) in [5.74, 6) is -3.22. The number of carbonyl (C=O) groups excluding carboxylic acids is 2. The molecular formula is C32H31F6N5O4. The summed E-state index contributed by atoms with van der Waals surface area (Å²) < 4.78 is 90.0. The molecule has 4 N–H and O–H groups in total. The van der Waals surface area contributed by atoms with Crippen LogP contribution in [-0.4, -0.2) is 62.7 Å². The number of benzene rings is 3. The number of rotatable bonds is 12. The second-order valence-electron chi connectivity index (χ2n) is 10.8. The molecule has 4 rings (SSSR count). The normalized spacial score (nSPS) is 16.9. The highest BCUT2D eigenvalue weighted by Crippen LogP contribution is 2.25. The number of nitrogens with zero attached hydrogens (tertiary/aromatic N) is 1. The Balaban J connectivity index is 1.39. The predicted octanol–water partition coefficient (Wildman–Crippen LogP) is 5.22. The van der Waals surface area contributed by atoms with E-state index in [4.69, 9.17) is 14.7 Å². The zero-order chi connectivity index (χ0) is 34.0. The minimum absolute atomic E-state index is 0.0807. The van der Waals surface area contributed by atoms with Crippen LogP contribution in [0, 0.1) is 28.8 Å². The van der Waals surface area contributed by atoms with Crippen molar-refractivity contribution in [2.24, 2.45) is 0 Å². The Bertz CT molecular complexity index is 1570. The number of anilines is 2. The Morgan fingerprint density at radius 3 is 2.47 bits per heavy atom. The molecule has 1 heterocycles. The number of alkyl carbamates (subject to hydrolysis) is 1. The van der Waals surface area contributed by atoms with Gasteiger partial charge in [-0.2, -0.15) is 18.4 Å². The molecule has 0 aliphatic carbocycles. The summed E-state index contributed by atoms with van der Waals surface area (Å²) in [6.07, 6.45) is -5.71. The topological polar surface area (TPSA) is 125 Å². The Morgan fingerprint density at radius 2 is 1.81 bits per heavy atom. The third kappa shape index (κ3) is 10.9. The molecule has 0 saturated carbocycles. The van der Waals surface area contributed by atoms with Crippen LogP contribution < -0.4 is 21.3 Å². The minimum atomic E-state index is -4.56. The van der Waals surface area contributed by atoms with Crippen LogP contribution in [0.1, 0.15) is 23.1 Å². The molecule has 2 amide bonds. The van der Waals surface area contributed by atoms with Crippen LogP contribution in [0.5, 0.6) is 0 Å². The molecule has 0 bridgehead atoms. The molecule has 0 radical (unpaired) electrons. The molecule has 3 aromatic rings. The molecule has 1 aliphatic heterocycles. The second kappa shape index (κ2) is 16.1. The van der Waals surface area contributed by atoms with Crippen LogP contribution in [0.25, 0.3) is 0 Å². The highest BCUT2D eigenvalue weighted by molar-refractivity contribution is 5.97. The van der Waals surface area contributed by atoms with Crippen LogP contribution >= 0.6 is 0 Å². The van der Waals surface area contributed by atoms with E-state index in [1.807, 2.05) is 6.07 Å². The van der Waals surface area contributed by atoms with Gasteiger partial charge in [-0.25, -0.2) is 18.0 Å². The summed E-state index contributed by atoms with van der Waals surface area (Å²) in [6, 6.07) is 14.2. The number of morpholine rings is 1. The van der Waals surface area contributed by atoms with Gasteiger partial charge in [0.2, 0.25) is 5.91 Å². The molecule has 9 nitrogen and oxygen atoms in total. The van der Waals surface area contributed by atoms with E-state index in [9.17, 15) is 31.5 Å². The fraction of sp³-hybridized carbons (Fsp3) is 0.344. The van der Waals surface area contributed by atoms with Crippen LogP contribution in [0.4, 0.5) is 42.5 Å². The number of nitrogens with one attached hydrogen (secondary N) is 4. The Morgan fingerprint density at radius 1 is 1.04 bits per heavy atom. The van der Waals surface area contributed by atoms with Gasteiger partial charge in [0.15, 0.2) is 11.6 Å². The summed E-state index contributed by atoms with van der Waals surface area (Å²) >= 11 is 0. The van der Waals surface area contributed by atoms with Crippen molar-refractivity contribution in [2.45, 2.75) is 43.6 Å². The zero-order valence-electron chi connectivity index (χ0n) is 24.8. The van der Waals surface area contributed by atoms with Gasteiger partial charge < -0.3 is 30.7 Å². The van der Waals surface area contributed by atoms with Crippen molar-refractivity contribution in [1.82, 2.24) is 10.6 Å². The number of ether oxygens (including phenoxy) is 2. The van der Waals surface area contributed by atoms with Crippen LogP contribution in [0.3, 0.4) is 0 Å². The first kappa shape index (κ1) is 35.1. The summed E-state index contributed by atoms with van der Waals surface area (Å²) in [4.78, 5) is 24.9. The van der Waals surface area contributed by atoms with E-state index in [0.717, 1.165) is 12.1 Å². The van der Waals surface area contributed by atoms with E-state index >= 15 is 4.39 Å². The molecule has 47 heavy (non-hydrogen) atoms. The van der Waals surface area contributed by atoms with Crippen LogP contribution in [0.2, 0.25) is 0 Å². The lowest BCUT2D eigenvalue weighted by atomic mass is 10.0. The average Bonchev–Trinajstić information content (AvgIpc) is 3.04. The van der Waals surface area contributed by atoms with Crippen LogP contribution in [0.15, 0.2) is 60.7 Å². The van der Waals surface area contributed by atoms with Crippen molar-refractivity contribution >= 4 is 23.4 Å². The minimum Gasteiger partial charge on any atom is -0.448 e. The lowest BCUT2D eigenvalue weighted by molar-refractivity contribution is -0.124. The smallest absolute Gasteiger partial charge is 0.407 e. The molecule has 1 saturated heterocycles. The second-order valence-corrected chi connectivity index (χ2v) is 10.8. The van der Waals surface area contributed by atoms with E-state index in [-0.39, 0.29) is 37.7 Å². The number of halogens is 6. The highest BCUT2D eigenvalue weighted by atomic mass is 19.4. The summed E-state index contributed by atoms with van der Waals surface area (Å²) in [5, 5.41) is 19.5. The van der Waals surface area contributed by atoms with Gasteiger partial charge >= 0.3 is 12.3 Å². The van der Waals surface area contributed by atoms with E-state index in [2.05, 4.69) is 16.0 Å². The first-order valence-electron chi connectivity index (χ1n) is 14.5. The van der Waals surface area contributed by atoms with E-state index in [0.29, 0.717) is 35.5 Å². The molecular weight excluding hydrogens is 632 g/mol. The number of hydrogen-bond donors (Lipinski definition) is 4. The Labute approximate surface area is 266 Å². The van der Waals surface area contributed by atoms with E-state index in [1.165, 1.54) is 42.5 Å². The number of hydrogen-bond acceptors (Lipinski definition) is 7. The van der Waals surface area contributed by atoms with Crippen molar-refractivity contribution in [3.8, 4) is 6.07 Å². The molecule has 1 aliphatic rings. The van der Waals surface area contributed by atoms with Crippen molar-refractivity contribution in [3.05, 3.63) is 94.8 Å². The van der Waals surface area contributed by atoms with Gasteiger partial charge in [-0.3, -0.25) is 4.79 Å². The third-order valence-electron chi connectivity index (χ3n) is 7.20. The molecule has 0 spiro atoms. The zero-order valence-corrected chi connectivity index (χ0v) is 24.8. The lowest BCUT2D eigenvalue weighted by Crippen LogP contribution is -2.49. The van der Waals surface area contributed by atoms with Gasteiger partial charge in [0.25, 0.3) is 0 Å². The number of amides is 2. The van der Waals surface area contributed by atoms with E-state index in [1.54, 1.807) is 11.4 Å². The predicted molar refractivity (Wildman–Crippen MR) is 159 cm³/mol. The quantitative estimate of drug-likeness (QED) is 0.196. The number of nitriles is 1. The van der Waals surface area contributed by atoms with Gasteiger partial charge in [0.1, 0.15) is 25.0 Å². The molecule has 1 fully saturated rings. The van der Waals surface area contributed by atoms with E-state index < -0.39 is 54.3 Å². The standard InChI is InChI=1S/C32H31F6N5O4/c33-25-2-1-3-28(24(25)10-9-23-15-40-22(16-46-23)17-47-31(45)41-18-32(36,37)38)43-29(13-20-6-11-26(34)27(35)12-20)30(44)42-21-7-4-19(14-39)5-8-21/h1-8,11-12,22-23,29,40,43H,9-10,13,15-18H2,(H,41,45)(H,42,44)/t22-,23+,29-/m0/s1. The summed E-state index contributed by atoms with van der Waals surface area (Å²) in [5.41, 5.74) is 1.64. The largest absolute Gasteiger partial charge is 0.448 e. The molecule has 3 atom stereocenters. The Kier molecular flexibility index (Phi) is 12.0. The van der Waals surface area contributed by atoms with Crippen molar-refractivity contribution in [2.75, 3.05) is 36.9 Å². The fourth-order valence-corrected chi connectivity index (χ4v) is 4.77. The molecule has 3 aromatic carbocycles. The number of carbonyl (C=O) groups is 2. The van der Waals surface area contributed by atoms with Crippen molar-refractivity contribution < 1.29 is 45.4 Å². The summed E-state index contributed by atoms with van der Waals surface area (Å²) in [7, 11) is 0. The maximum absolute atomic E-state index is 15.1. The Hall–Kier alpha value is -4.81. The first-order chi connectivity index (χ1) is 22.4. The maximum atomic E-state index is 15.1. The fourth-order valence-electron chi connectivity index (χ4n) is 4.77. The monoisotopic (exact) mass is 663 g/mol. The van der Waals surface area contributed by atoms with Gasteiger partial charge in [-0.05, 0) is 66.9 Å². The van der Waals surface area contributed by atoms with Gasteiger partial charge in [0, 0.05) is 29.9 Å². The van der Waals surface area contributed by atoms with Crippen molar-refractivity contribution in [1.29, 1.82) is 5.26 Å². The van der Waals surface area contributed by atoms with Crippen LogP contribution in [-0.2, 0) is 27.1 Å². The first-order valence-corrected chi connectivity index (χ1v) is 14.5. The maximum Gasteiger partial charge on any atom is 0.407 e. The summed E-state index contributed by atoms with van der Waals surface area (Å²) in [6.45, 7) is -1.35. The van der Waals surface area contributed by atoms with Gasteiger partial charge in [0.05, 0.1) is 30.4 Å². The molecule has 0 unspecified atom stereocenters. The average molecular weight is 664 g/mol. The highest BCUT2D eigenvalue weighted by Gasteiger charge is 2.29. The molecule has 15 heteroatoms. The SMILES string of the molecule is N#Cc1ccc(NC(=O)[C@H](Cc2ccc(F)c(F)c2)Nc2cccc(F)c2CC[C@@H]2CN[C@H](COC(=O)NCC(F)(F)F)CO2)cc1. The third-order valence-corrected chi connectivity index (χ3v) is 7.20. The molecule has 0 aromatic heterocycles. The van der Waals surface area contributed by atoms with Crippen molar-refractivity contribution in [3.63, 3.8) is 0 Å². The van der Waals surface area contributed by atoms with Gasteiger partial charge in [-0.15, -0.1) is 0 Å².